The Bertz CT molecular complexity index is 520. The van der Waals surface area contributed by atoms with Crippen molar-refractivity contribution in [3.8, 4) is 11.8 Å². The van der Waals surface area contributed by atoms with Crippen LogP contribution in [0.3, 0.4) is 0 Å². The average Bonchev–Trinajstić information content (AvgIpc) is 2.43. The van der Waals surface area contributed by atoms with E-state index < -0.39 is 11.9 Å². The number of hydrogen-bond acceptors (Lipinski definition) is 4. The van der Waals surface area contributed by atoms with Gasteiger partial charge in [-0.15, -0.1) is 6.58 Å². The molecule has 6 heteroatoms. The van der Waals surface area contributed by atoms with E-state index in [4.69, 9.17) is 10.00 Å². The lowest BCUT2D eigenvalue weighted by Gasteiger charge is -2.07. The summed E-state index contributed by atoms with van der Waals surface area (Å²) in [5.41, 5.74) is 0.432. The fourth-order valence-corrected chi connectivity index (χ4v) is 1.18. The van der Waals surface area contributed by atoms with Crippen molar-refractivity contribution >= 4 is 11.9 Å². The maximum absolute atomic E-state index is 11.4. The largest absolute Gasteiger partial charge is 0.484 e. The molecule has 0 fully saturated rings. The summed E-state index contributed by atoms with van der Waals surface area (Å²) in [6.45, 7) is 3.38. The highest BCUT2D eigenvalue weighted by molar-refractivity contribution is 5.95. The van der Waals surface area contributed by atoms with E-state index in [0.29, 0.717) is 11.3 Å². The molecule has 0 spiro atoms. The van der Waals surface area contributed by atoms with Crippen LogP contribution in [0, 0.1) is 11.3 Å². The van der Waals surface area contributed by atoms with E-state index >= 15 is 0 Å². The Morgan fingerprint density at radius 1 is 1.47 bits per heavy atom. The van der Waals surface area contributed by atoms with Gasteiger partial charge in [-0.2, -0.15) is 5.26 Å². The summed E-state index contributed by atoms with van der Waals surface area (Å²) in [6, 6.07) is 7.73. The van der Waals surface area contributed by atoms with Crippen LogP contribution >= 0.6 is 0 Å². The first kappa shape index (κ1) is 14.3. The normalized spacial score (nSPS) is 9.00. The molecule has 0 aliphatic rings. The SMILES string of the molecule is C=CCNC(=O)NC(=O)COc1cccc(C#N)c1. The lowest BCUT2D eigenvalue weighted by atomic mass is 10.2. The Balaban J connectivity index is 2.39. The van der Waals surface area contributed by atoms with Crippen molar-refractivity contribution in [2.24, 2.45) is 0 Å². The summed E-state index contributed by atoms with van der Waals surface area (Å²) >= 11 is 0. The third-order valence-electron chi connectivity index (χ3n) is 1.99. The molecule has 1 rings (SSSR count). The van der Waals surface area contributed by atoms with Gasteiger partial charge in [-0.25, -0.2) is 4.79 Å². The van der Waals surface area contributed by atoms with Crippen molar-refractivity contribution in [3.05, 3.63) is 42.5 Å². The van der Waals surface area contributed by atoms with Crippen LogP contribution in [-0.4, -0.2) is 25.1 Å². The van der Waals surface area contributed by atoms with Gasteiger partial charge in [-0.05, 0) is 18.2 Å². The second-order valence-electron chi connectivity index (χ2n) is 3.48. The fourth-order valence-electron chi connectivity index (χ4n) is 1.18. The van der Waals surface area contributed by atoms with E-state index in [1.165, 1.54) is 12.1 Å². The molecular weight excluding hydrogens is 246 g/mol. The van der Waals surface area contributed by atoms with Gasteiger partial charge in [0.15, 0.2) is 6.61 Å². The number of ether oxygens (including phenoxy) is 1. The smallest absolute Gasteiger partial charge is 0.321 e. The quantitative estimate of drug-likeness (QED) is 0.770. The van der Waals surface area contributed by atoms with Gasteiger partial charge in [-0.1, -0.05) is 12.1 Å². The van der Waals surface area contributed by atoms with Crippen LogP contribution in [0.2, 0.25) is 0 Å². The maximum Gasteiger partial charge on any atom is 0.321 e. The summed E-state index contributed by atoms with van der Waals surface area (Å²) in [6.07, 6.45) is 1.49. The molecule has 0 atom stereocenters. The van der Waals surface area contributed by atoms with Crippen LogP contribution in [0.25, 0.3) is 0 Å². The zero-order valence-electron chi connectivity index (χ0n) is 10.2. The Hall–Kier alpha value is -2.81. The minimum Gasteiger partial charge on any atom is -0.484 e. The molecule has 98 valence electrons. The fraction of sp³-hybridized carbons (Fsp3) is 0.154. The van der Waals surface area contributed by atoms with Gasteiger partial charge in [0.25, 0.3) is 5.91 Å². The highest BCUT2D eigenvalue weighted by atomic mass is 16.5. The van der Waals surface area contributed by atoms with E-state index in [0.717, 1.165) is 0 Å². The first-order valence-corrected chi connectivity index (χ1v) is 5.47. The highest BCUT2D eigenvalue weighted by Gasteiger charge is 2.07. The molecule has 1 aromatic rings. The minimum atomic E-state index is -0.612. The van der Waals surface area contributed by atoms with Crippen molar-refractivity contribution in [3.63, 3.8) is 0 Å². The van der Waals surface area contributed by atoms with Crippen LogP contribution < -0.4 is 15.4 Å². The van der Waals surface area contributed by atoms with E-state index in [1.807, 2.05) is 6.07 Å². The second kappa shape index (κ2) is 7.50. The molecular formula is C13H13N3O3. The number of urea groups is 1. The van der Waals surface area contributed by atoms with Gasteiger partial charge < -0.3 is 10.1 Å². The molecule has 0 heterocycles. The van der Waals surface area contributed by atoms with Crippen molar-refractivity contribution in [1.82, 2.24) is 10.6 Å². The molecule has 0 aliphatic heterocycles. The molecule has 1 aromatic carbocycles. The van der Waals surface area contributed by atoms with E-state index in [-0.39, 0.29) is 13.2 Å². The molecule has 6 nitrogen and oxygen atoms in total. The zero-order chi connectivity index (χ0) is 14.1. The number of benzene rings is 1. The third-order valence-corrected chi connectivity index (χ3v) is 1.99. The molecule has 0 bridgehead atoms. The average molecular weight is 259 g/mol. The Morgan fingerprint density at radius 2 is 2.26 bits per heavy atom. The predicted octanol–water partition coefficient (Wildman–Crippen LogP) is 0.949. The van der Waals surface area contributed by atoms with E-state index in [1.54, 1.807) is 18.2 Å². The van der Waals surface area contributed by atoms with Crippen LogP contribution in [0.15, 0.2) is 36.9 Å². The number of rotatable bonds is 5. The second-order valence-corrected chi connectivity index (χ2v) is 3.48. The number of hydrogen-bond donors (Lipinski definition) is 2. The van der Waals surface area contributed by atoms with Crippen molar-refractivity contribution in [2.75, 3.05) is 13.2 Å². The molecule has 3 amide bonds. The maximum atomic E-state index is 11.4. The molecule has 19 heavy (non-hydrogen) atoms. The van der Waals surface area contributed by atoms with Crippen LogP contribution in [0.5, 0.6) is 5.75 Å². The lowest BCUT2D eigenvalue weighted by molar-refractivity contribution is -0.122. The van der Waals surface area contributed by atoms with Gasteiger partial charge in [0, 0.05) is 6.54 Å². The van der Waals surface area contributed by atoms with Gasteiger partial charge in [0.05, 0.1) is 11.6 Å². The number of carbonyl (C=O) groups is 2. The highest BCUT2D eigenvalue weighted by Crippen LogP contribution is 2.11. The van der Waals surface area contributed by atoms with E-state index in [2.05, 4.69) is 17.2 Å². The third kappa shape index (κ3) is 5.37. The summed E-state index contributed by atoms with van der Waals surface area (Å²) in [5, 5.41) is 13.2. The topological polar surface area (TPSA) is 91.2 Å². The Kier molecular flexibility index (Phi) is 5.63. The van der Waals surface area contributed by atoms with E-state index in [9.17, 15) is 9.59 Å². The van der Waals surface area contributed by atoms with Crippen molar-refractivity contribution in [1.29, 1.82) is 5.26 Å². The minimum absolute atomic E-state index is 0.268. The number of nitriles is 1. The van der Waals surface area contributed by atoms with Crippen LogP contribution in [-0.2, 0) is 4.79 Å². The van der Waals surface area contributed by atoms with Crippen LogP contribution in [0.1, 0.15) is 5.56 Å². The number of nitrogens with zero attached hydrogens (tertiary/aromatic N) is 1. The van der Waals surface area contributed by atoms with Crippen molar-refractivity contribution < 1.29 is 14.3 Å². The Labute approximate surface area is 110 Å². The summed E-state index contributed by atoms with van der Waals surface area (Å²) in [7, 11) is 0. The molecule has 0 radical (unpaired) electrons. The zero-order valence-corrected chi connectivity index (χ0v) is 10.2. The molecule has 0 saturated heterocycles. The number of imide groups is 1. The van der Waals surface area contributed by atoms with Gasteiger partial charge in [0.2, 0.25) is 0 Å². The molecule has 0 aliphatic carbocycles. The first-order chi connectivity index (χ1) is 9.15. The standard InChI is InChI=1S/C13H13N3O3/c1-2-6-15-13(18)16-12(17)9-19-11-5-3-4-10(7-11)8-14/h2-5,7H,1,6,9H2,(H2,15,16,17,18). The predicted molar refractivity (Wildman–Crippen MR) is 68.4 cm³/mol. The molecule has 0 saturated carbocycles. The monoisotopic (exact) mass is 259 g/mol. The first-order valence-electron chi connectivity index (χ1n) is 5.47. The number of carbonyl (C=O) groups excluding carboxylic acids is 2. The summed E-state index contributed by atoms with van der Waals surface area (Å²) in [5.74, 6) is -0.190. The number of nitrogens with one attached hydrogen (secondary N) is 2. The van der Waals surface area contributed by atoms with Crippen molar-refractivity contribution in [2.45, 2.75) is 0 Å². The van der Waals surface area contributed by atoms with Gasteiger partial charge >= 0.3 is 6.03 Å². The van der Waals surface area contributed by atoms with Gasteiger partial charge in [0.1, 0.15) is 5.75 Å². The van der Waals surface area contributed by atoms with Crippen LogP contribution in [0.4, 0.5) is 4.79 Å². The molecule has 0 unspecified atom stereocenters. The van der Waals surface area contributed by atoms with Gasteiger partial charge in [-0.3, -0.25) is 10.1 Å². The lowest BCUT2D eigenvalue weighted by Crippen LogP contribution is -2.41. The number of amides is 3. The Morgan fingerprint density at radius 3 is 2.95 bits per heavy atom. The summed E-state index contributed by atoms with van der Waals surface area (Å²) < 4.78 is 5.15. The molecule has 2 N–H and O–H groups in total. The molecule has 0 aromatic heterocycles. The summed E-state index contributed by atoms with van der Waals surface area (Å²) in [4.78, 5) is 22.5.